The molecule has 0 aromatic heterocycles. The first-order valence-corrected chi connectivity index (χ1v) is 12.4. The zero-order valence-corrected chi connectivity index (χ0v) is 21.1. The van der Waals surface area contributed by atoms with E-state index in [-0.39, 0.29) is 42.5 Å². The third-order valence-corrected chi connectivity index (χ3v) is 7.58. The summed E-state index contributed by atoms with van der Waals surface area (Å²) in [6.45, 7) is 4.03. The molecule has 2 aromatic carbocycles. The van der Waals surface area contributed by atoms with Crippen molar-refractivity contribution in [1.29, 1.82) is 0 Å². The van der Waals surface area contributed by atoms with Gasteiger partial charge in [-0.15, -0.1) is 0 Å². The summed E-state index contributed by atoms with van der Waals surface area (Å²) in [4.78, 5) is 54.2. The van der Waals surface area contributed by atoms with Crippen LogP contribution in [0.25, 0.3) is 0 Å². The molecule has 180 valence electrons. The molecule has 0 saturated carbocycles. The minimum Gasteiger partial charge on any atom is -0.426 e. The van der Waals surface area contributed by atoms with Crippen molar-refractivity contribution in [2.75, 3.05) is 16.3 Å². The second kappa shape index (κ2) is 9.07. The number of hydrogen-bond donors (Lipinski definition) is 0. The van der Waals surface area contributed by atoms with Crippen molar-refractivity contribution in [3.63, 3.8) is 0 Å². The molecule has 3 amide bonds. The highest BCUT2D eigenvalue weighted by atomic mass is 79.9. The predicted octanol–water partition coefficient (Wildman–Crippen LogP) is 4.56. The molecule has 0 N–H and O–H groups in total. The molecule has 7 nitrogen and oxygen atoms in total. The third kappa shape index (κ3) is 4.31. The smallest absolute Gasteiger partial charge is 0.316 e. The van der Waals surface area contributed by atoms with Gasteiger partial charge in [-0.25, -0.2) is 4.90 Å². The Balaban J connectivity index is 1.28. The molecule has 3 atom stereocenters. The van der Waals surface area contributed by atoms with Gasteiger partial charge in [0, 0.05) is 23.1 Å². The van der Waals surface area contributed by atoms with Crippen LogP contribution in [0.15, 0.2) is 58.6 Å². The SMILES string of the molecule is CC1=CC[C@@H]2C(=O)N(c3ccc(OC(=O)[C@H]4CC(=O)N(c5ccc(Br)cc5)C4)cc3C)C(=O)[C@@H]2C1. The maximum Gasteiger partial charge on any atom is 0.316 e. The Labute approximate surface area is 211 Å². The average molecular weight is 537 g/mol. The van der Waals surface area contributed by atoms with Gasteiger partial charge in [-0.05, 0) is 74.7 Å². The summed E-state index contributed by atoms with van der Waals surface area (Å²) in [6.07, 6.45) is 3.32. The number of ether oxygens (including phenoxy) is 1. The minimum atomic E-state index is -0.577. The molecule has 2 aliphatic heterocycles. The van der Waals surface area contributed by atoms with Crippen LogP contribution in [0.4, 0.5) is 11.4 Å². The second-order valence-electron chi connectivity index (χ2n) is 9.47. The van der Waals surface area contributed by atoms with E-state index in [1.54, 1.807) is 30.0 Å². The van der Waals surface area contributed by atoms with Gasteiger partial charge in [0.25, 0.3) is 0 Å². The number of benzene rings is 2. The van der Waals surface area contributed by atoms with Crippen molar-refractivity contribution in [2.24, 2.45) is 17.8 Å². The molecule has 0 bridgehead atoms. The van der Waals surface area contributed by atoms with E-state index in [0.29, 0.717) is 29.8 Å². The number of halogens is 1. The molecule has 8 heteroatoms. The Morgan fingerprint density at radius 3 is 2.40 bits per heavy atom. The Morgan fingerprint density at radius 1 is 0.971 bits per heavy atom. The lowest BCUT2D eigenvalue weighted by molar-refractivity contribution is -0.139. The molecule has 2 saturated heterocycles. The highest BCUT2D eigenvalue weighted by Gasteiger charge is 2.49. The molecule has 35 heavy (non-hydrogen) atoms. The lowest BCUT2D eigenvalue weighted by Crippen LogP contribution is -2.31. The normalized spacial score (nSPS) is 24.0. The molecule has 3 aliphatic rings. The fourth-order valence-electron chi connectivity index (χ4n) is 5.15. The number of imide groups is 1. The van der Waals surface area contributed by atoms with Gasteiger partial charge in [0.1, 0.15) is 5.75 Å². The third-order valence-electron chi connectivity index (χ3n) is 7.05. The standard InChI is InChI=1S/C27H25BrN2O5/c1-15-3-9-21-22(11-15)26(33)30(25(21)32)23-10-8-20(12-16(23)2)35-27(34)17-13-24(31)29(14-17)19-6-4-18(28)5-7-19/h3-8,10,12,17,21-22H,9,11,13-14H2,1-2H3/t17-,21-,22+/m0/s1. The van der Waals surface area contributed by atoms with Crippen LogP contribution in [-0.2, 0) is 19.2 Å². The highest BCUT2D eigenvalue weighted by molar-refractivity contribution is 9.10. The first kappa shape index (κ1) is 23.5. The van der Waals surface area contributed by atoms with Crippen LogP contribution in [0.1, 0.15) is 31.7 Å². The molecule has 2 heterocycles. The number of aryl methyl sites for hydroxylation is 1. The summed E-state index contributed by atoms with van der Waals surface area (Å²) in [7, 11) is 0. The Hall–Kier alpha value is -3.26. The fourth-order valence-corrected chi connectivity index (χ4v) is 5.42. The number of rotatable bonds is 4. The van der Waals surface area contributed by atoms with Crippen molar-refractivity contribution in [3.8, 4) is 5.75 Å². The summed E-state index contributed by atoms with van der Waals surface area (Å²) >= 11 is 3.38. The van der Waals surface area contributed by atoms with Crippen LogP contribution >= 0.6 is 15.9 Å². The monoisotopic (exact) mass is 536 g/mol. The van der Waals surface area contributed by atoms with Gasteiger partial charge in [-0.2, -0.15) is 0 Å². The molecule has 0 radical (unpaired) electrons. The minimum absolute atomic E-state index is 0.0823. The summed E-state index contributed by atoms with van der Waals surface area (Å²) < 4.78 is 6.50. The van der Waals surface area contributed by atoms with Crippen molar-refractivity contribution >= 4 is 51.0 Å². The number of anilines is 2. The second-order valence-corrected chi connectivity index (χ2v) is 10.4. The topological polar surface area (TPSA) is 84.0 Å². The van der Waals surface area contributed by atoms with Crippen LogP contribution in [0, 0.1) is 24.7 Å². The van der Waals surface area contributed by atoms with Crippen LogP contribution in [0.2, 0.25) is 0 Å². The van der Waals surface area contributed by atoms with E-state index in [9.17, 15) is 19.2 Å². The lowest BCUT2D eigenvalue weighted by atomic mass is 9.82. The molecule has 5 rings (SSSR count). The van der Waals surface area contributed by atoms with E-state index in [1.165, 1.54) is 4.90 Å². The van der Waals surface area contributed by atoms with Crippen molar-refractivity contribution < 1.29 is 23.9 Å². The molecule has 0 spiro atoms. The number of carbonyl (C=O) groups excluding carboxylic acids is 4. The Morgan fingerprint density at radius 2 is 1.69 bits per heavy atom. The van der Waals surface area contributed by atoms with Gasteiger partial charge in [-0.3, -0.25) is 19.2 Å². The maximum absolute atomic E-state index is 13.0. The molecular weight excluding hydrogens is 512 g/mol. The van der Waals surface area contributed by atoms with E-state index in [0.717, 1.165) is 15.7 Å². The van der Waals surface area contributed by atoms with Crippen LogP contribution in [-0.4, -0.2) is 30.2 Å². The Bertz CT molecular complexity index is 1270. The summed E-state index contributed by atoms with van der Waals surface area (Å²) in [5.74, 6) is -1.82. The van der Waals surface area contributed by atoms with Gasteiger partial charge < -0.3 is 9.64 Å². The van der Waals surface area contributed by atoms with Crippen LogP contribution < -0.4 is 14.5 Å². The zero-order chi connectivity index (χ0) is 24.9. The molecule has 1 aliphatic carbocycles. The van der Waals surface area contributed by atoms with Crippen LogP contribution in [0.5, 0.6) is 5.75 Å². The fraction of sp³-hybridized carbons (Fsp3) is 0.333. The average Bonchev–Trinajstić information content (AvgIpc) is 3.32. The number of nitrogens with zero attached hydrogens (tertiary/aromatic N) is 2. The lowest BCUT2D eigenvalue weighted by Gasteiger charge is -2.19. The quantitative estimate of drug-likeness (QED) is 0.247. The van der Waals surface area contributed by atoms with Crippen molar-refractivity contribution in [2.45, 2.75) is 33.1 Å². The van der Waals surface area contributed by atoms with E-state index in [2.05, 4.69) is 15.9 Å². The number of hydrogen-bond acceptors (Lipinski definition) is 5. The van der Waals surface area contributed by atoms with Crippen molar-refractivity contribution in [1.82, 2.24) is 0 Å². The van der Waals surface area contributed by atoms with Gasteiger partial charge in [0.05, 0.1) is 23.4 Å². The number of amides is 3. The maximum atomic E-state index is 13.0. The van der Waals surface area contributed by atoms with E-state index < -0.39 is 11.9 Å². The predicted molar refractivity (Wildman–Crippen MR) is 134 cm³/mol. The zero-order valence-electron chi connectivity index (χ0n) is 19.5. The summed E-state index contributed by atoms with van der Waals surface area (Å²) in [5, 5.41) is 0. The molecule has 2 fully saturated rings. The van der Waals surface area contributed by atoms with E-state index >= 15 is 0 Å². The van der Waals surface area contributed by atoms with Gasteiger partial charge >= 0.3 is 5.97 Å². The Kier molecular flexibility index (Phi) is 6.09. The van der Waals surface area contributed by atoms with Gasteiger partial charge in [0.2, 0.25) is 17.7 Å². The summed E-state index contributed by atoms with van der Waals surface area (Å²) in [6, 6.07) is 12.2. The van der Waals surface area contributed by atoms with Crippen molar-refractivity contribution in [3.05, 3.63) is 64.1 Å². The first-order chi connectivity index (χ1) is 16.7. The van der Waals surface area contributed by atoms with Crippen LogP contribution in [0.3, 0.4) is 0 Å². The number of carbonyl (C=O) groups is 4. The number of fused-ring (bicyclic) bond motifs is 1. The molecular formula is C27H25BrN2O5. The number of esters is 1. The largest absolute Gasteiger partial charge is 0.426 e. The van der Waals surface area contributed by atoms with Gasteiger partial charge in [-0.1, -0.05) is 27.6 Å². The molecule has 2 aromatic rings. The first-order valence-electron chi connectivity index (χ1n) is 11.6. The highest BCUT2D eigenvalue weighted by Crippen LogP contribution is 2.41. The number of allylic oxidation sites excluding steroid dienone is 2. The van der Waals surface area contributed by atoms with E-state index in [4.69, 9.17) is 4.74 Å². The van der Waals surface area contributed by atoms with Gasteiger partial charge in [0.15, 0.2) is 0 Å². The van der Waals surface area contributed by atoms with E-state index in [1.807, 2.05) is 37.3 Å². The molecule has 0 unspecified atom stereocenters. The summed E-state index contributed by atoms with van der Waals surface area (Å²) in [5.41, 5.74) is 3.06.